The minimum atomic E-state index is -1.42. The van der Waals surface area contributed by atoms with Crippen LogP contribution < -0.4 is 0 Å². The Morgan fingerprint density at radius 1 is 0.846 bits per heavy atom. The topological polar surface area (TPSA) is 9.23 Å². The summed E-state index contributed by atoms with van der Waals surface area (Å²) in [4.78, 5) is 0. The molecule has 0 bridgehead atoms. The third kappa shape index (κ3) is 7.07. The first-order valence-electron chi connectivity index (χ1n) is 4.75. The highest BCUT2D eigenvalue weighted by molar-refractivity contribution is 7.80. The van der Waals surface area contributed by atoms with E-state index in [9.17, 15) is 0 Å². The molecule has 0 unspecified atom stereocenters. The molecule has 0 atom stereocenters. The summed E-state index contributed by atoms with van der Waals surface area (Å²) < 4.78 is 6.29. The van der Waals surface area contributed by atoms with Crippen molar-refractivity contribution in [3.8, 4) is 0 Å². The molecule has 0 saturated heterocycles. The third-order valence-electron chi connectivity index (χ3n) is 1.98. The van der Waals surface area contributed by atoms with Crippen LogP contribution in [0.4, 0.5) is 0 Å². The zero-order valence-corrected chi connectivity index (χ0v) is 12.9. The van der Waals surface area contributed by atoms with Crippen molar-refractivity contribution in [1.82, 2.24) is 0 Å². The van der Waals surface area contributed by atoms with Gasteiger partial charge in [0.15, 0.2) is 16.6 Å². The zero-order chi connectivity index (χ0) is 10.5. The first kappa shape index (κ1) is 14.1. The van der Waals surface area contributed by atoms with Crippen molar-refractivity contribution in [3.05, 3.63) is 0 Å². The molecule has 0 amide bonds. The molecule has 0 aliphatic rings. The van der Waals surface area contributed by atoms with Gasteiger partial charge in [-0.2, -0.15) is 25.3 Å². The van der Waals surface area contributed by atoms with Crippen LogP contribution in [0.25, 0.3) is 0 Å². The second-order valence-electron chi connectivity index (χ2n) is 4.57. The van der Waals surface area contributed by atoms with E-state index in [4.69, 9.17) is 4.12 Å². The Morgan fingerprint density at radius 3 is 1.38 bits per heavy atom. The molecule has 80 valence electrons. The summed E-state index contributed by atoms with van der Waals surface area (Å²) in [5.74, 6) is 1.90. The molecular weight excluding hydrogens is 232 g/mol. The van der Waals surface area contributed by atoms with Crippen molar-refractivity contribution in [2.24, 2.45) is 0 Å². The average Bonchev–Trinajstić information content (AvgIpc) is 1.82. The smallest absolute Gasteiger partial charge is 0.174 e. The molecule has 0 spiro atoms. The fourth-order valence-electron chi connectivity index (χ4n) is 1.39. The molecule has 0 saturated carbocycles. The van der Waals surface area contributed by atoms with Crippen LogP contribution in [0.3, 0.4) is 0 Å². The zero-order valence-electron chi connectivity index (χ0n) is 9.13. The summed E-state index contributed by atoms with van der Waals surface area (Å²) in [6, 6.07) is 2.30. The van der Waals surface area contributed by atoms with Crippen LogP contribution in [0.2, 0.25) is 38.3 Å². The number of thiol groups is 2. The van der Waals surface area contributed by atoms with Crippen LogP contribution in [0.1, 0.15) is 0 Å². The maximum Gasteiger partial charge on any atom is 0.174 e. The molecule has 0 aromatic rings. The SMILES string of the molecule is C[Si](C)(CCS)O[Si](C)(C)CCS. The van der Waals surface area contributed by atoms with Gasteiger partial charge in [0.25, 0.3) is 0 Å². The van der Waals surface area contributed by atoms with Crippen molar-refractivity contribution in [2.45, 2.75) is 38.3 Å². The minimum absolute atomic E-state index is 0.949. The van der Waals surface area contributed by atoms with Crippen LogP contribution in [-0.2, 0) is 4.12 Å². The van der Waals surface area contributed by atoms with Crippen molar-refractivity contribution < 1.29 is 4.12 Å². The molecule has 1 nitrogen and oxygen atoms in total. The quantitative estimate of drug-likeness (QED) is 0.546. The highest BCUT2D eigenvalue weighted by Crippen LogP contribution is 2.21. The Morgan fingerprint density at radius 2 is 1.15 bits per heavy atom. The minimum Gasteiger partial charge on any atom is -0.455 e. The Hall–Kier alpha value is 1.09. The average molecular weight is 255 g/mol. The van der Waals surface area contributed by atoms with Gasteiger partial charge in [-0.3, -0.25) is 0 Å². The van der Waals surface area contributed by atoms with E-state index in [-0.39, 0.29) is 0 Å². The monoisotopic (exact) mass is 254 g/mol. The summed E-state index contributed by atoms with van der Waals surface area (Å²) in [5, 5.41) is 0. The van der Waals surface area contributed by atoms with Gasteiger partial charge in [0.2, 0.25) is 0 Å². The van der Waals surface area contributed by atoms with Crippen molar-refractivity contribution >= 4 is 41.9 Å². The highest BCUT2D eigenvalue weighted by Gasteiger charge is 2.31. The van der Waals surface area contributed by atoms with E-state index >= 15 is 0 Å². The van der Waals surface area contributed by atoms with Crippen molar-refractivity contribution in [3.63, 3.8) is 0 Å². The van der Waals surface area contributed by atoms with Gasteiger partial charge in [0.05, 0.1) is 0 Å². The standard InChI is InChI=1S/C8H22OS2Si2/c1-12(2,7-5-10)9-13(3,4)8-6-11/h10-11H,5-8H2,1-4H3. The summed E-state index contributed by atoms with van der Waals surface area (Å²) in [7, 11) is -2.85. The molecule has 5 heteroatoms. The third-order valence-corrected chi connectivity index (χ3v) is 10.6. The van der Waals surface area contributed by atoms with Gasteiger partial charge in [-0.25, -0.2) is 0 Å². The predicted octanol–water partition coefficient (Wildman–Crippen LogP) is 3.27. The van der Waals surface area contributed by atoms with Gasteiger partial charge < -0.3 is 4.12 Å². The van der Waals surface area contributed by atoms with Crippen molar-refractivity contribution in [2.75, 3.05) is 11.5 Å². The molecule has 0 fully saturated rings. The number of hydrogen-bond donors (Lipinski definition) is 2. The Bertz CT molecular complexity index is 135. The lowest BCUT2D eigenvalue weighted by Gasteiger charge is -2.33. The fourth-order valence-corrected chi connectivity index (χ4v) is 12.5. The Labute approximate surface area is 95.7 Å². The van der Waals surface area contributed by atoms with Crippen LogP contribution in [-0.4, -0.2) is 28.1 Å². The lowest BCUT2D eigenvalue weighted by molar-refractivity contribution is 0.543. The lowest BCUT2D eigenvalue weighted by atomic mass is 11.0. The van der Waals surface area contributed by atoms with Gasteiger partial charge in [-0.05, 0) is 49.8 Å². The number of hydrogen-bond acceptors (Lipinski definition) is 3. The van der Waals surface area contributed by atoms with E-state index in [0.717, 1.165) is 23.6 Å². The first-order valence-corrected chi connectivity index (χ1v) is 12.2. The molecule has 0 aliphatic carbocycles. The first-order chi connectivity index (χ1) is 5.83. The summed E-state index contributed by atoms with van der Waals surface area (Å²) in [5.41, 5.74) is 0. The lowest BCUT2D eigenvalue weighted by Crippen LogP contribution is -2.44. The van der Waals surface area contributed by atoms with Crippen LogP contribution in [0, 0.1) is 0 Å². The van der Waals surface area contributed by atoms with Gasteiger partial charge >= 0.3 is 0 Å². The summed E-state index contributed by atoms with van der Waals surface area (Å²) in [6.45, 7) is 9.15. The molecule has 0 rings (SSSR count). The normalized spacial score (nSPS) is 13.4. The Balaban J connectivity index is 4.07. The Kier molecular flexibility index (Phi) is 6.34. The summed E-state index contributed by atoms with van der Waals surface area (Å²) >= 11 is 8.54. The molecule has 0 N–H and O–H groups in total. The second kappa shape index (κ2) is 5.85. The molecule has 0 heterocycles. The van der Waals surface area contributed by atoms with Crippen LogP contribution >= 0.6 is 25.3 Å². The van der Waals surface area contributed by atoms with Gasteiger partial charge in [-0.15, -0.1) is 0 Å². The second-order valence-corrected chi connectivity index (χ2v) is 14.3. The fraction of sp³-hybridized carbons (Fsp3) is 1.00. The molecule has 13 heavy (non-hydrogen) atoms. The van der Waals surface area contributed by atoms with E-state index in [0.29, 0.717) is 0 Å². The van der Waals surface area contributed by atoms with Crippen LogP contribution in [0.15, 0.2) is 0 Å². The van der Waals surface area contributed by atoms with Gasteiger partial charge in [0.1, 0.15) is 0 Å². The maximum atomic E-state index is 6.29. The maximum absolute atomic E-state index is 6.29. The molecule has 0 radical (unpaired) electrons. The molecule has 0 aromatic carbocycles. The van der Waals surface area contributed by atoms with Gasteiger partial charge in [0, 0.05) is 0 Å². The molecular formula is C8H22OS2Si2. The summed E-state index contributed by atoms with van der Waals surface area (Å²) in [6.07, 6.45) is 0. The predicted molar refractivity (Wildman–Crippen MR) is 73.4 cm³/mol. The molecule has 0 aliphatic heterocycles. The van der Waals surface area contributed by atoms with E-state index in [2.05, 4.69) is 51.4 Å². The van der Waals surface area contributed by atoms with E-state index in [1.807, 2.05) is 0 Å². The van der Waals surface area contributed by atoms with E-state index in [1.165, 1.54) is 0 Å². The van der Waals surface area contributed by atoms with Crippen LogP contribution in [0.5, 0.6) is 0 Å². The molecule has 0 aromatic heterocycles. The van der Waals surface area contributed by atoms with Crippen molar-refractivity contribution in [1.29, 1.82) is 0 Å². The van der Waals surface area contributed by atoms with Gasteiger partial charge in [-0.1, -0.05) is 0 Å². The van der Waals surface area contributed by atoms with E-state index in [1.54, 1.807) is 0 Å². The number of rotatable bonds is 6. The largest absolute Gasteiger partial charge is 0.455 e. The van der Waals surface area contributed by atoms with E-state index < -0.39 is 16.6 Å². The highest BCUT2D eigenvalue weighted by atomic mass is 32.1.